The van der Waals surface area contributed by atoms with Gasteiger partial charge in [-0.2, -0.15) is 0 Å². The van der Waals surface area contributed by atoms with Crippen LogP contribution in [0.1, 0.15) is 30.6 Å². The minimum atomic E-state index is -0.0277. The van der Waals surface area contributed by atoms with Crippen molar-refractivity contribution in [2.45, 2.75) is 26.3 Å². The van der Waals surface area contributed by atoms with E-state index in [1.54, 1.807) is 12.3 Å². The molecule has 1 atom stereocenters. The fourth-order valence-electron chi connectivity index (χ4n) is 2.42. The number of aromatic nitrogens is 1. The van der Waals surface area contributed by atoms with Crippen LogP contribution in [0.5, 0.6) is 0 Å². The molecule has 0 aliphatic carbocycles. The molecule has 0 radical (unpaired) electrons. The maximum absolute atomic E-state index is 12.5. The van der Waals surface area contributed by atoms with Gasteiger partial charge >= 0.3 is 0 Å². The molecule has 1 aliphatic rings. The number of piperazine rings is 1. The number of rotatable bonds is 3. The number of amides is 1. The maximum atomic E-state index is 12.5. The molecular formula is C14H21BrN4O. The maximum Gasteiger partial charge on any atom is 0.257 e. The fourth-order valence-corrected chi connectivity index (χ4v) is 2.75. The molecule has 5 nitrogen and oxygen atoms in total. The highest BCUT2D eigenvalue weighted by molar-refractivity contribution is 9.10. The van der Waals surface area contributed by atoms with Crippen LogP contribution >= 0.6 is 15.9 Å². The Hall–Kier alpha value is -1.14. The van der Waals surface area contributed by atoms with Gasteiger partial charge < -0.3 is 10.6 Å². The van der Waals surface area contributed by atoms with Gasteiger partial charge in [0.15, 0.2) is 0 Å². The van der Waals surface area contributed by atoms with Crippen molar-refractivity contribution >= 4 is 27.7 Å². The number of carbonyl (C=O) groups is 1. The van der Waals surface area contributed by atoms with Gasteiger partial charge in [-0.25, -0.2) is 4.98 Å². The van der Waals surface area contributed by atoms with Crippen molar-refractivity contribution in [2.75, 3.05) is 31.9 Å². The first-order valence-corrected chi connectivity index (χ1v) is 7.76. The van der Waals surface area contributed by atoms with Gasteiger partial charge in [-0.15, -0.1) is 0 Å². The van der Waals surface area contributed by atoms with Gasteiger partial charge in [0.25, 0.3) is 5.91 Å². The summed E-state index contributed by atoms with van der Waals surface area (Å²) in [6, 6.07) is 2.32. The second-order valence-corrected chi connectivity index (χ2v) is 6.09. The van der Waals surface area contributed by atoms with Crippen LogP contribution in [0.4, 0.5) is 5.82 Å². The summed E-state index contributed by atoms with van der Waals surface area (Å²) >= 11 is 3.33. The summed E-state index contributed by atoms with van der Waals surface area (Å²) in [4.78, 5) is 20.8. The Morgan fingerprint density at radius 1 is 1.45 bits per heavy atom. The average molecular weight is 341 g/mol. The van der Waals surface area contributed by atoms with Crippen LogP contribution in [0.15, 0.2) is 16.7 Å². The minimum Gasteiger partial charge on any atom is -0.383 e. The number of hydrogen-bond donors (Lipinski definition) is 1. The Morgan fingerprint density at radius 2 is 2.10 bits per heavy atom. The summed E-state index contributed by atoms with van der Waals surface area (Å²) in [5.74, 6) is 0.266. The molecule has 6 heteroatoms. The van der Waals surface area contributed by atoms with E-state index in [1.165, 1.54) is 0 Å². The summed E-state index contributed by atoms with van der Waals surface area (Å²) in [6.45, 7) is 7.75. The highest BCUT2D eigenvalue weighted by Crippen LogP contribution is 2.19. The first-order valence-electron chi connectivity index (χ1n) is 6.97. The summed E-state index contributed by atoms with van der Waals surface area (Å²) in [5, 5.41) is 0. The topological polar surface area (TPSA) is 62.5 Å². The Bertz CT molecular complexity index is 486. The zero-order chi connectivity index (χ0) is 14.7. The standard InChI is InChI=1S/C14H21BrN4O/c1-3-10(2)18-4-6-19(7-5-18)14(20)12-8-11(15)9-17-13(12)16/h8-10H,3-7H2,1-2H3,(H2,16,17). The van der Waals surface area contributed by atoms with Gasteiger partial charge in [-0.3, -0.25) is 9.69 Å². The van der Waals surface area contributed by atoms with Crippen LogP contribution in [-0.4, -0.2) is 52.9 Å². The third-order valence-electron chi connectivity index (χ3n) is 3.93. The predicted molar refractivity (Wildman–Crippen MR) is 83.6 cm³/mol. The van der Waals surface area contributed by atoms with Crippen molar-refractivity contribution in [3.8, 4) is 0 Å². The zero-order valence-corrected chi connectivity index (χ0v) is 13.6. The number of hydrogen-bond acceptors (Lipinski definition) is 4. The minimum absolute atomic E-state index is 0.0277. The number of pyridine rings is 1. The smallest absolute Gasteiger partial charge is 0.257 e. The second kappa shape index (κ2) is 6.54. The van der Waals surface area contributed by atoms with Crippen molar-refractivity contribution in [1.82, 2.24) is 14.8 Å². The van der Waals surface area contributed by atoms with E-state index in [-0.39, 0.29) is 5.91 Å². The van der Waals surface area contributed by atoms with Crippen LogP contribution < -0.4 is 5.73 Å². The van der Waals surface area contributed by atoms with Gasteiger partial charge in [0, 0.05) is 42.9 Å². The van der Waals surface area contributed by atoms with Crippen LogP contribution in [0.3, 0.4) is 0 Å². The molecule has 2 rings (SSSR count). The molecule has 1 aromatic heterocycles. The van der Waals surface area contributed by atoms with E-state index in [9.17, 15) is 4.79 Å². The lowest BCUT2D eigenvalue weighted by Crippen LogP contribution is -2.51. The monoisotopic (exact) mass is 340 g/mol. The molecule has 0 spiro atoms. The number of nitrogens with zero attached hydrogens (tertiary/aromatic N) is 3. The van der Waals surface area contributed by atoms with E-state index in [1.807, 2.05) is 4.90 Å². The van der Waals surface area contributed by atoms with Crippen molar-refractivity contribution in [3.05, 3.63) is 22.3 Å². The van der Waals surface area contributed by atoms with Gasteiger partial charge in [0.1, 0.15) is 5.82 Å². The van der Waals surface area contributed by atoms with E-state index in [0.717, 1.165) is 37.1 Å². The first kappa shape index (κ1) is 15.3. The highest BCUT2D eigenvalue weighted by atomic mass is 79.9. The highest BCUT2D eigenvalue weighted by Gasteiger charge is 2.25. The predicted octanol–water partition coefficient (Wildman–Crippen LogP) is 1.98. The van der Waals surface area contributed by atoms with Gasteiger partial charge in [0.2, 0.25) is 0 Å². The summed E-state index contributed by atoms with van der Waals surface area (Å²) in [5.41, 5.74) is 6.29. The van der Waals surface area contributed by atoms with Gasteiger partial charge in [-0.1, -0.05) is 6.92 Å². The zero-order valence-electron chi connectivity index (χ0n) is 12.0. The molecule has 1 saturated heterocycles. The van der Waals surface area contributed by atoms with E-state index >= 15 is 0 Å². The van der Waals surface area contributed by atoms with Crippen LogP contribution in [0.25, 0.3) is 0 Å². The quantitative estimate of drug-likeness (QED) is 0.913. The lowest BCUT2D eigenvalue weighted by molar-refractivity contribution is 0.0580. The molecule has 110 valence electrons. The molecule has 0 saturated carbocycles. The summed E-state index contributed by atoms with van der Waals surface area (Å²) in [7, 11) is 0. The lowest BCUT2D eigenvalue weighted by Gasteiger charge is -2.37. The molecule has 1 amide bonds. The summed E-state index contributed by atoms with van der Waals surface area (Å²) < 4.78 is 0.772. The Morgan fingerprint density at radius 3 is 2.70 bits per heavy atom. The molecule has 2 heterocycles. The van der Waals surface area contributed by atoms with Crippen LogP contribution in [0.2, 0.25) is 0 Å². The Balaban J connectivity index is 2.03. The molecule has 1 unspecified atom stereocenters. The molecule has 1 aromatic rings. The van der Waals surface area contributed by atoms with Gasteiger partial charge in [-0.05, 0) is 35.3 Å². The molecule has 0 aromatic carbocycles. The SMILES string of the molecule is CCC(C)N1CCN(C(=O)c2cc(Br)cnc2N)CC1. The van der Waals surface area contributed by atoms with E-state index in [4.69, 9.17) is 5.73 Å². The van der Waals surface area contributed by atoms with Crippen molar-refractivity contribution in [2.24, 2.45) is 0 Å². The average Bonchev–Trinajstić information content (AvgIpc) is 2.48. The number of carbonyl (C=O) groups excluding carboxylic acids is 1. The number of halogens is 1. The third-order valence-corrected chi connectivity index (χ3v) is 4.36. The Kier molecular flexibility index (Phi) is 4.99. The van der Waals surface area contributed by atoms with Crippen LogP contribution in [-0.2, 0) is 0 Å². The van der Waals surface area contributed by atoms with Crippen molar-refractivity contribution in [1.29, 1.82) is 0 Å². The Labute approximate surface area is 128 Å². The van der Waals surface area contributed by atoms with Crippen molar-refractivity contribution in [3.63, 3.8) is 0 Å². The van der Waals surface area contributed by atoms with Crippen LogP contribution in [0, 0.1) is 0 Å². The van der Waals surface area contributed by atoms with Crippen molar-refractivity contribution < 1.29 is 4.79 Å². The fraction of sp³-hybridized carbons (Fsp3) is 0.571. The second-order valence-electron chi connectivity index (χ2n) is 5.17. The van der Waals surface area contributed by atoms with Gasteiger partial charge in [0.05, 0.1) is 5.56 Å². The molecular weight excluding hydrogens is 320 g/mol. The van der Waals surface area contributed by atoms with E-state index in [2.05, 4.69) is 39.7 Å². The summed E-state index contributed by atoms with van der Waals surface area (Å²) in [6.07, 6.45) is 2.74. The molecule has 20 heavy (non-hydrogen) atoms. The third kappa shape index (κ3) is 3.30. The van der Waals surface area contributed by atoms with E-state index in [0.29, 0.717) is 17.4 Å². The molecule has 1 fully saturated rings. The molecule has 1 aliphatic heterocycles. The molecule has 0 bridgehead atoms. The number of anilines is 1. The molecule has 2 N–H and O–H groups in total. The number of nitrogens with two attached hydrogens (primary N) is 1. The first-order chi connectivity index (χ1) is 9.52. The largest absolute Gasteiger partial charge is 0.383 e. The lowest BCUT2D eigenvalue weighted by atomic mass is 10.1. The van der Waals surface area contributed by atoms with E-state index < -0.39 is 0 Å². The number of nitrogen functional groups attached to an aromatic ring is 1. The normalized spacial score (nSPS) is 18.1.